The molecule has 0 heterocycles. The van der Waals surface area contributed by atoms with Crippen LogP contribution in [0.25, 0.3) is 0 Å². The molecule has 1 amide bonds. The summed E-state index contributed by atoms with van der Waals surface area (Å²) in [5, 5.41) is 11.6. The molecule has 1 aromatic rings. The van der Waals surface area contributed by atoms with E-state index >= 15 is 0 Å². The highest BCUT2D eigenvalue weighted by atomic mass is 35.5. The highest BCUT2D eigenvalue weighted by molar-refractivity contribution is 6.33. The maximum atomic E-state index is 11.3. The average Bonchev–Trinajstić information content (AvgIpc) is 2.34. The number of benzene rings is 1. The molecule has 0 spiro atoms. The predicted molar refractivity (Wildman–Crippen MR) is 70.7 cm³/mol. The molecule has 0 atom stereocenters. The van der Waals surface area contributed by atoms with Gasteiger partial charge >= 0.3 is 6.09 Å². The van der Waals surface area contributed by atoms with Gasteiger partial charge < -0.3 is 9.84 Å². The van der Waals surface area contributed by atoms with Gasteiger partial charge in [-0.25, -0.2) is 4.79 Å². The first-order valence-corrected chi connectivity index (χ1v) is 5.88. The number of nitrogens with one attached hydrogen (secondary N) is 1. The topological polar surface area (TPSA) is 58.6 Å². The van der Waals surface area contributed by atoms with Crippen LogP contribution in [0.5, 0.6) is 0 Å². The van der Waals surface area contributed by atoms with E-state index in [1.807, 2.05) is 0 Å². The normalized spacial score (nSPS) is 9.28. The second-order valence-corrected chi connectivity index (χ2v) is 3.72. The molecule has 0 bridgehead atoms. The van der Waals surface area contributed by atoms with Crippen LogP contribution in [0.4, 0.5) is 10.5 Å². The molecule has 0 radical (unpaired) electrons. The van der Waals surface area contributed by atoms with Gasteiger partial charge in [0.1, 0.15) is 0 Å². The Labute approximate surface area is 111 Å². The summed E-state index contributed by atoms with van der Waals surface area (Å²) in [6.07, 6.45) is -0.150. The summed E-state index contributed by atoms with van der Waals surface area (Å²) in [5.74, 6) is 5.65. The Balaban J connectivity index is 2.82. The zero-order chi connectivity index (χ0) is 13.4. The Morgan fingerprint density at radius 1 is 1.56 bits per heavy atom. The summed E-state index contributed by atoms with van der Waals surface area (Å²) >= 11 is 5.94. The second kappa shape index (κ2) is 7.59. The van der Waals surface area contributed by atoms with E-state index in [0.717, 1.165) is 0 Å². The smallest absolute Gasteiger partial charge is 0.411 e. The number of hydrogen-bond acceptors (Lipinski definition) is 3. The van der Waals surface area contributed by atoms with E-state index < -0.39 is 6.09 Å². The van der Waals surface area contributed by atoms with Gasteiger partial charge in [-0.3, -0.25) is 5.32 Å². The molecule has 0 unspecified atom stereocenters. The number of aliphatic hydroxyl groups excluding tert-OH is 1. The summed E-state index contributed by atoms with van der Waals surface area (Å²) in [6, 6.07) is 5.04. The van der Waals surface area contributed by atoms with Crippen LogP contribution in [0.3, 0.4) is 0 Å². The molecule has 2 N–H and O–H groups in total. The van der Waals surface area contributed by atoms with Gasteiger partial charge in [0.2, 0.25) is 0 Å². The Hall–Kier alpha value is -1.70. The van der Waals surface area contributed by atoms with Crippen LogP contribution in [-0.4, -0.2) is 24.4 Å². The highest BCUT2D eigenvalue weighted by Gasteiger charge is 2.06. The molecular formula is C13H14ClNO3. The molecule has 0 saturated heterocycles. The molecule has 1 aromatic carbocycles. The van der Waals surface area contributed by atoms with Crippen molar-refractivity contribution in [3.8, 4) is 11.8 Å². The molecule has 5 heteroatoms. The summed E-state index contributed by atoms with van der Waals surface area (Å²) in [4.78, 5) is 11.3. The molecule has 0 aliphatic carbocycles. The Morgan fingerprint density at radius 2 is 2.33 bits per heavy atom. The number of anilines is 1. The van der Waals surface area contributed by atoms with Gasteiger partial charge in [0.25, 0.3) is 0 Å². The Bertz CT molecular complexity index is 477. The number of ether oxygens (including phenoxy) is 1. The predicted octanol–water partition coefficient (Wildman–Crippen LogP) is 2.64. The van der Waals surface area contributed by atoms with Gasteiger partial charge in [-0.1, -0.05) is 23.4 Å². The van der Waals surface area contributed by atoms with Gasteiger partial charge in [0.15, 0.2) is 0 Å². The van der Waals surface area contributed by atoms with Crippen molar-refractivity contribution < 1.29 is 14.6 Å². The first kappa shape index (κ1) is 14.4. The summed E-state index contributed by atoms with van der Waals surface area (Å²) < 4.78 is 4.76. The maximum absolute atomic E-state index is 11.3. The van der Waals surface area contributed by atoms with Crippen LogP contribution in [-0.2, 0) is 4.74 Å². The van der Waals surface area contributed by atoms with E-state index in [4.69, 9.17) is 21.4 Å². The second-order valence-electron chi connectivity index (χ2n) is 3.32. The third-order valence-electron chi connectivity index (χ3n) is 1.95. The Morgan fingerprint density at radius 3 is 3.00 bits per heavy atom. The van der Waals surface area contributed by atoms with Gasteiger partial charge in [-0.05, 0) is 25.1 Å². The van der Waals surface area contributed by atoms with E-state index in [9.17, 15) is 4.79 Å². The lowest BCUT2D eigenvalue weighted by molar-refractivity contribution is 0.168. The first-order chi connectivity index (χ1) is 8.67. The number of rotatable bonds is 3. The fourth-order valence-electron chi connectivity index (χ4n) is 1.20. The molecule has 0 aromatic heterocycles. The summed E-state index contributed by atoms with van der Waals surface area (Å²) in [7, 11) is 0. The molecule has 0 fully saturated rings. The van der Waals surface area contributed by atoms with Crippen LogP contribution in [0.2, 0.25) is 5.02 Å². The zero-order valence-electron chi connectivity index (χ0n) is 10.00. The van der Waals surface area contributed by atoms with E-state index in [1.54, 1.807) is 25.1 Å². The molecule has 0 aliphatic rings. The minimum Gasteiger partial charge on any atom is -0.450 e. The fourth-order valence-corrected chi connectivity index (χ4v) is 1.36. The lowest BCUT2D eigenvalue weighted by Gasteiger charge is -2.07. The van der Waals surface area contributed by atoms with Crippen molar-refractivity contribution in [1.29, 1.82) is 0 Å². The van der Waals surface area contributed by atoms with Crippen molar-refractivity contribution in [2.45, 2.75) is 13.3 Å². The lowest BCUT2D eigenvalue weighted by Crippen LogP contribution is -2.13. The quantitative estimate of drug-likeness (QED) is 0.828. The van der Waals surface area contributed by atoms with Gasteiger partial charge in [-0.2, -0.15) is 0 Å². The molecule has 0 saturated carbocycles. The van der Waals surface area contributed by atoms with Crippen molar-refractivity contribution in [2.24, 2.45) is 0 Å². The Kier molecular flexibility index (Phi) is 6.06. The SMILES string of the molecule is CCOC(=O)Nc1cc(C#CCCO)ccc1Cl. The average molecular weight is 268 g/mol. The maximum Gasteiger partial charge on any atom is 0.411 e. The van der Waals surface area contributed by atoms with Crippen molar-refractivity contribution in [2.75, 3.05) is 18.5 Å². The van der Waals surface area contributed by atoms with Crippen LogP contribution in [0.15, 0.2) is 18.2 Å². The van der Waals surface area contributed by atoms with Crippen molar-refractivity contribution in [1.82, 2.24) is 0 Å². The van der Waals surface area contributed by atoms with Crippen LogP contribution in [0.1, 0.15) is 18.9 Å². The van der Waals surface area contributed by atoms with Gasteiger partial charge in [-0.15, -0.1) is 0 Å². The number of carbonyl (C=O) groups is 1. The third kappa shape index (κ3) is 4.66. The summed E-state index contributed by atoms with van der Waals surface area (Å²) in [6.45, 7) is 2.03. The van der Waals surface area contributed by atoms with E-state index in [1.165, 1.54) is 0 Å². The number of halogens is 1. The fraction of sp³-hybridized carbons (Fsp3) is 0.308. The minimum absolute atomic E-state index is 0.0223. The van der Waals surface area contributed by atoms with Crippen molar-refractivity contribution in [3.05, 3.63) is 28.8 Å². The number of carbonyl (C=O) groups excluding carboxylic acids is 1. The number of aliphatic hydroxyl groups is 1. The van der Waals surface area contributed by atoms with Crippen molar-refractivity contribution in [3.63, 3.8) is 0 Å². The largest absolute Gasteiger partial charge is 0.450 e. The number of amides is 1. The monoisotopic (exact) mass is 267 g/mol. The summed E-state index contributed by atoms with van der Waals surface area (Å²) in [5.41, 5.74) is 1.16. The zero-order valence-corrected chi connectivity index (χ0v) is 10.8. The molecule has 1 rings (SSSR count). The van der Waals surface area contributed by atoms with Crippen LogP contribution < -0.4 is 5.32 Å². The van der Waals surface area contributed by atoms with E-state index in [0.29, 0.717) is 29.3 Å². The molecular weight excluding hydrogens is 254 g/mol. The third-order valence-corrected chi connectivity index (χ3v) is 2.28. The molecule has 18 heavy (non-hydrogen) atoms. The standard InChI is InChI=1S/C13H14ClNO3/c1-2-18-13(17)15-12-9-10(5-3-4-8-16)6-7-11(12)14/h6-7,9,16H,2,4,8H2,1H3,(H,15,17). The molecule has 96 valence electrons. The minimum atomic E-state index is -0.556. The van der Waals surface area contributed by atoms with Gasteiger partial charge in [0, 0.05) is 12.0 Å². The molecule has 4 nitrogen and oxygen atoms in total. The van der Waals surface area contributed by atoms with Crippen LogP contribution in [0, 0.1) is 11.8 Å². The highest BCUT2D eigenvalue weighted by Crippen LogP contribution is 2.22. The van der Waals surface area contributed by atoms with Crippen molar-refractivity contribution >= 4 is 23.4 Å². The van der Waals surface area contributed by atoms with Crippen LogP contribution >= 0.6 is 11.6 Å². The lowest BCUT2D eigenvalue weighted by atomic mass is 10.2. The first-order valence-electron chi connectivity index (χ1n) is 5.50. The van der Waals surface area contributed by atoms with Gasteiger partial charge in [0.05, 0.1) is 23.9 Å². The number of hydrogen-bond donors (Lipinski definition) is 2. The molecule has 0 aliphatic heterocycles. The van der Waals surface area contributed by atoms with E-state index in [2.05, 4.69) is 17.2 Å². The van der Waals surface area contributed by atoms with E-state index in [-0.39, 0.29) is 6.61 Å².